The van der Waals surface area contributed by atoms with Gasteiger partial charge in [-0.1, -0.05) is 15.9 Å². The molecule has 2 nitrogen and oxygen atoms in total. The molecule has 0 saturated carbocycles. The largest absolute Gasteiger partial charge is 0.364 e. The van der Waals surface area contributed by atoms with Crippen molar-refractivity contribution in [2.24, 2.45) is 5.73 Å². The van der Waals surface area contributed by atoms with Crippen molar-refractivity contribution in [3.05, 3.63) is 28.2 Å². The molecule has 2 rings (SSSR count). The molecule has 16 heavy (non-hydrogen) atoms. The van der Waals surface area contributed by atoms with Gasteiger partial charge in [-0.2, -0.15) is 0 Å². The van der Waals surface area contributed by atoms with E-state index in [1.54, 1.807) is 0 Å². The summed E-state index contributed by atoms with van der Waals surface area (Å²) in [5.74, 6) is 0. The first kappa shape index (κ1) is 11.9. The normalized spacial score (nSPS) is 21.4. The monoisotopic (exact) mass is 282 g/mol. The summed E-state index contributed by atoms with van der Waals surface area (Å²) in [4.78, 5) is 2.45. The molecule has 3 heteroatoms. The maximum Gasteiger partial charge on any atom is 0.0482 e. The minimum atomic E-state index is 0.202. The second-order valence-corrected chi connectivity index (χ2v) is 5.82. The van der Waals surface area contributed by atoms with Crippen LogP contribution in [0.1, 0.15) is 26.3 Å². The Labute approximate surface area is 106 Å². The number of benzene rings is 1. The zero-order valence-corrected chi connectivity index (χ0v) is 11.7. The number of fused-ring (bicyclic) bond motifs is 1. The van der Waals surface area contributed by atoms with Crippen LogP contribution in [0.3, 0.4) is 0 Å². The molecule has 1 aliphatic heterocycles. The molecule has 1 aliphatic rings. The maximum atomic E-state index is 6.09. The molecule has 2 unspecified atom stereocenters. The van der Waals surface area contributed by atoms with E-state index >= 15 is 0 Å². The van der Waals surface area contributed by atoms with E-state index in [1.807, 2.05) is 0 Å². The number of rotatable bonds is 2. The highest BCUT2D eigenvalue weighted by Crippen LogP contribution is 2.36. The van der Waals surface area contributed by atoms with Gasteiger partial charge in [0.25, 0.3) is 0 Å². The minimum absolute atomic E-state index is 0.202. The quantitative estimate of drug-likeness (QED) is 0.904. The summed E-state index contributed by atoms with van der Waals surface area (Å²) in [5.41, 5.74) is 8.85. The molecule has 88 valence electrons. The Balaban J connectivity index is 2.41. The van der Waals surface area contributed by atoms with Crippen molar-refractivity contribution in [2.45, 2.75) is 45.3 Å². The van der Waals surface area contributed by atoms with Crippen LogP contribution < -0.4 is 10.6 Å². The molecule has 1 aromatic rings. The van der Waals surface area contributed by atoms with Gasteiger partial charge in [0.15, 0.2) is 0 Å². The van der Waals surface area contributed by atoms with Crippen molar-refractivity contribution in [3.8, 4) is 0 Å². The summed E-state index contributed by atoms with van der Waals surface area (Å²) in [5, 5.41) is 0. The van der Waals surface area contributed by atoms with Crippen molar-refractivity contribution in [1.82, 2.24) is 0 Å². The van der Waals surface area contributed by atoms with E-state index < -0.39 is 0 Å². The highest BCUT2D eigenvalue weighted by atomic mass is 79.9. The predicted octanol–water partition coefficient (Wildman–Crippen LogP) is 2.94. The van der Waals surface area contributed by atoms with E-state index in [9.17, 15) is 0 Å². The van der Waals surface area contributed by atoms with E-state index in [0.29, 0.717) is 12.1 Å². The first-order valence-corrected chi connectivity index (χ1v) is 6.62. The molecule has 0 aromatic heterocycles. The fraction of sp³-hybridized carbons (Fsp3) is 0.538. The number of hydrogen-bond donors (Lipinski definition) is 1. The summed E-state index contributed by atoms with van der Waals surface area (Å²) in [6, 6.07) is 7.66. The number of nitrogens with two attached hydrogens (primary N) is 1. The summed E-state index contributed by atoms with van der Waals surface area (Å²) < 4.78 is 1.15. The topological polar surface area (TPSA) is 29.3 Å². The Kier molecular flexibility index (Phi) is 3.27. The predicted molar refractivity (Wildman–Crippen MR) is 72.9 cm³/mol. The average Bonchev–Trinajstić information content (AvgIpc) is 2.55. The molecule has 0 aliphatic carbocycles. The lowest BCUT2D eigenvalue weighted by molar-refractivity contribution is 0.500. The number of nitrogens with zero attached hydrogens (tertiary/aromatic N) is 1. The molecule has 0 spiro atoms. The molecule has 0 saturated heterocycles. The third-order valence-corrected chi connectivity index (χ3v) is 3.76. The van der Waals surface area contributed by atoms with Crippen LogP contribution in [0.15, 0.2) is 22.7 Å². The van der Waals surface area contributed by atoms with Gasteiger partial charge in [-0.3, -0.25) is 0 Å². The Morgan fingerprint density at radius 2 is 2.06 bits per heavy atom. The zero-order valence-electron chi connectivity index (χ0n) is 10.1. The average molecular weight is 283 g/mol. The van der Waals surface area contributed by atoms with Crippen molar-refractivity contribution >= 4 is 21.6 Å². The molecule has 2 N–H and O–H groups in total. The van der Waals surface area contributed by atoms with Crippen LogP contribution in [-0.4, -0.2) is 18.1 Å². The standard InChI is InChI=1S/C13H19BrN2/c1-8(2)16-12-5-4-11(14)6-10(12)7-13(16)9(3)15/h4-6,8-9,13H,7,15H2,1-3H3. The van der Waals surface area contributed by atoms with Crippen LogP contribution in [0.4, 0.5) is 5.69 Å². The van der Waals surface area contributed by atoms with Gasteiger partial charge in [-0.15, -0.1) is 0 Å². The molecule has 0 bridgehead atoms. The van der Waals surface area contributed by atoms with Crippen LogP contribution in [0, 0.1) is 0 Å². The maximum absolute atomic E-state index is 6.09. The van der Waals surface area contributed by atoms with Gasteiger partial charge >= 0.3 is 0 Å². The highest BCUT2D eigenvalue weighted by Gasteiger charge is 2.33. The number of halogens is 1. The molecule has 0 fully saturated rings. The molecule has 0 amide bonds. The second kappa shape index (κ2) is 4.38. The Bertz CT molecular complexity index is 388. The van der Waals surface area contributed by atoms with Crippen LogP contribution in [-0.2, 0) is 6.42 Å². The smallest absolute Gasteiger partial charge is 0.0482 e. The first-order chi connectivity index (χ1) is 7.50. The van der Waals surface area contributed by atoms with Gasteiger partial charge in [0.2, 0.25) is 0 Å². The van der Waals surface area contributed by atoms with Gasteiger partial charge < -0.3 is 10.6 Å². The van der Waals surface area contributed by atoms with Gasteiger partial charge in [0, 0.05) is 28.3 Å². The van der Waals surface area contributed by atoms with Crippen molar-refractivity contribution < 1.29 is 0 Å². The third kappa shape index (κ3) is 1.98. The second-order valence-electron chi connectivity index (χ2n) is 4.90. The van der Waals surface area contributed by atoms with Crippen LogP contribution >= 0.6 is 15.9 Å². The molecular formula is C13H19BrN2. The van der Waals surface area contributed by atoms with E-state index in [-0.39, 0.29) is 6.04 Å². The molecular weight excluding hydrogens is 264 g/mol. The number of hydrogen-bond acceptors (Lipinski definition) is 2. The fourth-order valence-electron chi connectivity index (χ4n) is 2.57. The van der Waals surface area contributed by atoms with E-state index in [0.717, 1.165) is 10.9 Å². The lowest BCUT2D eigenvalue weighted by atomic mass is 10.1. The van der Waals surface area contributed by atoms with Crippen molar-refractivity contribution in [2.75, 3.05) is 4.90 Å². The molecule has 1 aromatic carbocycles. The molecule has 1 heterocycles. The highest BCUT2D eigenvalue weighted by molar-refractivity contribution is 9.10. The lowest BCUT2D eigenvalue weighted by Gasteiger charge is -2.33. The summed E-state index contributed by atoms with van der Waals surface area (Å²) >= 11 is 3.53. The van der Waals surface area contributed by atoms with Gasteiger partial charge in [-0.25, -0.2) is 0 Å². The third-order valence-electron chi connectivity index (χ3n) is 3.27. The molecule has 2 atom stereocenters. The SMILES string of the molecule is CC(N)C1Cc2cc(Br)ccc2N1C(C)C. The Morgan fingerprint density at radius 3 is 2.62 bits per heavy atom. The Morgan fingerprint density at radius 1 is 1.38 bits per heavy atom. The van der Waals surface area contributed by atoms with E-state index in [1.165, 1.54) is 11.3 Å². The summed E-state index contributed by atoms with van der Waals surface area (Å²) in [6.07, 6.45) is 1.06. The van der Waals surface area contributed by atoms with Crippen LogP contribution in [0.2, 0.25) is 0 Å². The fourth-order valence-corrected chi connectivity index (χ4v) is 2.98. The number of anilines is 1. The van der Waals surface area contributed by atoms with Gasteiger partial charge in [0.1, 0.15) is 0 Å². The summed E-state index contributed by atoms with van der Waals surface area (Å²) in [7, 11) is 0. The van der Waals surface area contributed by atoms with Crippen molar-refractivity contribution in [3.63, 3.8) is 0 Å². The summed E-state index contributed by atoms with van der Waals surface area (Å²) in [6.45, 7) is 6.56. The van der Waals surface area contributed by atoms with Crippen LogP contribution in [0.5, 0.6) is 0 Å². The van der Waals surface area contributed by atoms with Crippen LogP contribution in [0.25, 0.3) is 0 Å². The first-order valence-electron chi connectivity index (χ1n) is 5.83. The lowest BCUT2D eigenvalue weighted by Crippen LogP contribution is -2.47. The van der Waals surface area contributed by atoms with E-state index in [2.05, 4.69) is 59.8 Å². The van der Waals surface area contributed by atoms with E-state index in [4.69, 9.17) is 5.73 Å². The minimum Gasteiger partial charge on any atom is -0.364 e. The zero-order chi connectivity index (χ0) is 11.9. The van der Waals surface area contributed by atoms with Crippen molar-refractivity contribution in [1.29, 1.82) is 0 Å². The van der Waals surface area contributed by atoms with Gasteiger partial charge in [0.05, 0.1) is 0 Å². The Hall–Kier alpha value is -0.540. The van der Waals surface area contributed by atoms with Gasteiger partial charge in [-0.05, 0) is 51.0 Å². The molecule has 0 radical (unpaired) electrons.